The fourth-order valence-corrected chi connectivity index (χ4v) is 2.07. The lowest BCUT2D eigenvalue weighted by molar-refractivity contribution is -0.139. The number of ether oxygens (including phenoxy) is 1. The SMILES string of the molecule is C=C(CSc1cccc(C(F)(F)F)c1)C(=O)OCC. The van der Waals surface area contributed by atoms with Crippen LogP contribution >= 0.6 is 11.8 Å². The van der Waals surface area contributed by atoms with Gasteiger partial charge in [-0.2, -0.15) is 13.2 Å². The molecule has 6 heteroatoms. The summed E-state index contributed by atoms with van der Waals surface area (Å²) < 4.78 is 42.2. The summed E-state index contributed by atoms with van der Waals surface area (Å²) in [6.07, 6.45) is -4.37. The summed E-state index contributed by atoms with van der Waals surface area (Å²) in [5.74, 6) is -0.331. The minimum atomic E-state index is -4.37. The van der Waals surface area contributed by atoms with Crippen molar-refractivity contribution < 1.29 is 22.7 Å². The van der Waals surface area contributed by atoms with Crippen molar-refractivity contribution >= 4 is 17.7 Å². The number of hydrogen-bond acceptors (Lipinski definition) is 3. The highest BCUT2D eigenvalue weighted by atomic mass is 32.2. The van der Waals surface area contributed by atoms with Gasteiger partial charge in [0.25, 0.3) is 0 Å². The fourth-order valence-electron chi connectivity index (χ4n) is 1.22. The summed E-state index contributed by atoms with van der Waals surface area (Å²) in [6.45, 7) is 5.46. The first-order chi connectivity index (χ1) is 8.84. The van der Waals surface area contributed by atoms with E-state index in [2.05, 4.69) is 6.58 Å². The second-order valence-corrected chi connectivity index (χ2v) is 4.69. The van der Waals surface area contributed by atoms with Gasteiger partial charge in [-0.1, -0.05) is 12.6 Å². The van der Waals surface area contributed by atoms with Crippen molar-refractivity contribution in [3.8, 4) is 0 Å². The molecule has 19 heavy (non-hydrogen) atoms. The van der Waals surface area contributed by atoms with Gasteiger partial charge in [0.05, 0.1) is 12.2 Å². The van der Waals surface area contributed by atoms with Crippen LogP contribution < -0.4 is 0 Å². The number of rotatable bonds is 5. The van der Waals surface area contributed by atoms with Crippen molar-refractivity contribution in [1.82, 2.24) is 0 Å². The van der Waals surface area contributed by atoms with Gasteiger partial charge in [0.1, 0.15) is 0 Å². The Morgan fingerprint density at radius 2 is 2.11 bits per heavy atom. The summed E-state index contributed by atoms with van der Waals surface area (Å²) in [5.41, 5.74) is -0.483. The Kier molecular flexibility index (Phi) is 5.47. The van der Waals surface area contributed by atoms with Gasteiger partial charge in [-0.15, -0.1) is 11.8 Å². The molecule has 0 amide bonds. The van der Waals surface area contributed by atoms with Gasteiger partial charge in [-0.05, 0) is 25.1 Å². The third-order valence-corrected chi connectivity index (χ3v) is 3.22. The standard InChI is InChI=1S/C13H13F3O2S/c1-3-18-12(17)9(2)8-19-11-6-4-5-10(7-11)13(14,15)16/h4-7H,2-3,8H2,1H3. The summed E-state index contributed by atoms with van der Waals surface area (Å²) in [7, 11) is 0. The second-order valence-electron chi connectivity index (χ2n) is 3.64. The van der Waals surface area contributed by atoms with Crippen LogP contribution in [0.1, 0.15) is 12.5 Å². The van der Waals surface area contributed by atoms with E-state index in [-0.39, 0.29) is 17.9 Å². The molecular weight excluding hydrogens is 277 g/mol. The molecule has 2 nitrogen and oxygen atoms in total. The highest BCUT2D eigenvalue weighted by Crippen LogP contribution is 2.32. The van der Waals surface area contributed by atoms with Crippen molar-refractivity contribution in [2.75, 3.05) is 12.4 Å². The van der Waals surface area contributed by atoms with Crippen LogP contribution in [-0.4, -0.2) is 18.3 Å². The molecule has 0 unspecified atom stereocenters. The van der Waals surface area contributed by atoms with Crippen molar-refractivity contribution in [3.05, 3.63) is 42.0 Å². The zero-order valence-electron chi connectivity index (χ0n) is 10.3. The highest BCUT2D eigenvalue weighted by Gasteiger charge is 2.30. The smallest absolute Gasteiger partial charge is 0.416 e. The minimum absolute atomic E-state index is 0.195. The van der Waals surface area contributed by atoms with Crippen LogP contribution in [-0.2, 0) is 15.7 Å². The monoisotopic (exact) mass is 290 g/mol. The predicted octanol–water partition coefficient (Wildman–Crippen LogP) is 3.92. The van der Waals surface area contributed by atoms with Crippen molar-refractivity contribution in [2.24, 2.45) is 0 Å². The molecule has 0 fully saturated rings. The first-order valence-electron chi connectivity index (χ1n) is 5.49. The van der Waals surface area contributed by atoms with E-state index in [0.29, 0.717) is 4.90 Å². The number of thioether (sulfide) groups is 1. The number of carbonyl (C=O) groups is 1. The van der Waals surface area contributed by atoms with Gasteiger partial charge in [-0.25, -0.2) is 4.79 Å². The van der Waals surface area contributed by atoms with E-state index in [9.17, 15) is 18.0 Å². The molecule has 0 heterocycles. The molecular formula is C13H13F3O2S. The molecule has 0 saturated carbocycles. The van der Waals surface area contributed by atoms with Crippen LogP contribution in [0.4, 0.5) is 13.2 Å². The topological polar surface area (TPSA) is 26.3 Å². The minimum Gasteiger partial charge on any atom is -0.463 e. The first kappa shape index (κ1) is 15.6. The van der Waals surface area contributed by atoms with Crippen LogP contribution in [0, 0.1) is 0 Å². The Hall–Kier alpha value is -1.43. The van der Waals surface area contributed by atoms with Crippen molar-refractivity contribution in [3.63, 3.8) is 0 Å². The second kappa shape index (κ2) is 6.65. The fraction of sp³-hybridized carbons (Fsp3) is 0.308. The zero-order valence-corrected chi connectivity index (χ0v) is 11.1. The Bertz CT molecular complexity index is 469. The van der Waals surface area contributed by atoms with Crippen LogP contribution in [0.15, 0.2) is 41.3 Å². The number of alkyl halides is 3. The third kappa shape index (κ3) is 4.98. The van der Waals surface area contributed by atoms with E-state index >= 15 is 0 Å². The Labute approximate surface area is 113 Å². The van der Waals surface area contributed by atoms with Crippen LogP contribution in [0.2, 0.25) is 0 Å². The average Bonchev–Trinajstić information content (AvgIpc) is 2.35. The van der Waals surface area contributed by atoms with Crippen molar-refractivity contribution in [1.29, 1.82) is 0 Å². The van der Waals surface area contributed by atoms with E-state index in [1.165, 1.54) is 6.07 Å². The van der Waals surface area contributed by atoms with E-state index in [1.54, 1.807) is 13.0 Å². The zero-order chi connectivity index (χ0) is 14.5. The lowest BCUT2D eigenvalue weighted by atomic mass is 10.2. The van der Waals surface area contributed by atoms with E-state index in [1.807, 2.05) is 0 Å². The highest BCUT2D eigenvalue weighted by molar-refractivity contribution is 7.99. The number of carbonyl (C=O) groups excluding carboxylic acids is 1. The van der Waals surface area contributed by atoms with Crippen LogP contribution in [0.5, 0.6) is 0 Å². The molecule has 104 valence electrons. The number of hydrogen-bond donors (Lipinski definition) is 0. The maximum absolute atomic E-state index is 12.5. The summed E-state index contributed by atoms with van der Waals surface area (Å²) in [6, 6.07) is 4.93. The van der Waals surface area contributed by atoms with Crippen LogP contribution in [0.25, 0.3) is 0 Å². The van der Waals surface area contributed by atoms with Gasteiger partial charge in [0, 0.05) is 16.2 Å². The molecule has 0 spiro atoms. The summed E-state index contributed by atoms with van der Waals surface area (Å²) >= 11 is 1.11. The molecule has 1 aromatic carbocycles. The molecule has 0 aromatic heterocycles. The maximum Gasteiger partial charge on any atom is 0.416 e. The van der Waals surface area contributed by atoms with Crippen molar-refractivity contribution in [2.45, 2.75) is 18.0 Å². The van der Waals surface area contributed by atoms with E-state index < -0.39 is 17.7 Å². The maximum atomic E-state index is 12.5. The third-order valence-electron chi connectivity index (χ3n) is 2.14. The lowest BCUT2D eigenvalue weighted by Crippen LogP contribution is -2.08. The summed E-state index contributed by atoms with van der Waals surface area (Å²) in [4.78, 5) is 11.7. The van der Waals surface area contributed by atoms with E-state index in [0.717, 1.165) is 23.9 Å². The molecule has 0 N–H and O–H groups in total. The molecule has 0 saturated heterocycles. The predicted molar refractivity (Wildman–Crippen MR) is 67.9 cm³/mol. The Morgan fingerprint density at radius 1 is 1.42 bits per heavy atom. The normalized spacial score (nSPS) is 11.2. The molecule has 1 rings (SSSR count). The lowest BCUT2D eigenvalue weighted by Gasteiger charge is -2.09. The number of esters is 1. The van der Waals surface area contributed by atoms with Gasteiger partial charge in [-0.3, -0.25) is 0 Å². The first-order valence-corrected chi connectivity index (χ1v) is 6.48. The van der Waals surface area contributed by atoms with Gasteiger partial charge in [0.15, 0.2) is 0 Å². The molecule has 0 aliphatic heterocycles. The van der Waals surface area contributed by atoms with Crippen LogP contribution in [0.3, 0.4) is 0 Å². The average molecular weight is 290 g/mol. The van der Waals surface area contributed by atoms with Gasteiger partial charge < -0.3 is 4.74 Å². The molecule has 0 radical (unpaired) electrons. The van der Waals surface area contributed by atoms with Gasteiger partial charge in [0.2, 0.25) is 0 Å². The Balaban J connectivity index is 2.64. The molecule has 0 aliphatic rings. The summed E-state index contributed by atoms with van der Waals surface area (Å²) in [5, 5.41) is 0. The van der Waals surface area contributed by atoms with E-state index in [4.69, 9.17) is 4.74 Å². The Morgan fingerprint density at radius 3 is 2.68 bits per heavy atom. The molecule has 0 atom stereocenters. The number of benzene rings is 1. The molecule has 0 bridgehead atoms. The largest absolute Gasteiger partial charge is 0.463 e. The molecule has 0 aliphatic carbocycles. The quantitative estimate of drug-likeness (QED) is 0.467. The van der Waals surface area contributed by atoms with Gasteiger partial charge >= 0.3 is 12.1 Å². The number of halogens is 3. The molecule has 1 aromatic rings.